The average molecular weight is 362 g/mol. The van der Waals surface area contributed by atoms with E-state index in [1.165, 1.54) is 23.5 Å². The van der Waals surface area contributed by atoms with E-state index in [-0.39, 0.29) is 10.8 Å². The van der Waals surface area contributed by atoms with Crippen LogP contribution in [0.2, 0.25) is 5.02 Å². The second-order valence-corrected chi connectivity index (χ2v) is 6.10. The number of nitrogens with zero attached hydrogens (tertiary/aromatic N) is 7. The Kier molecular flexibility index (Phi) is 4.63. The van der Waals surface area contributed by atoms with Gasteiger partial charge < -0.3 is 5.11 Å². The van der Waals surface area contributed by atoms with E-state index in [1.54, 1.807) is 30.1 Å². The van der Waals surface area contributed by atoms with E-state index < -0.39 is 0 Å². The minimum atomic E-state index is -0.00132. The minimum Gasteiger partial charge on any atom is -0.506 e. The van der Waals surface area contributed by atoms with Crippen molar-refractivity contribution in [3.8, 4) is 5.75 Å². The lowest BCUT2D eigenvalue weighted by Gasteiger charge is -1.95. The Morgan fingerprint density at radius 3 is 2.71 bits per heavy atom. The molecule has 0 bridgehead atoms. The third-order valence-electron chi connectivity index (χ3n) is 2.98. The quantitative estimate of drug-likeness (QED) is 0.631. The van der Waals surface area contributed by atoms with Crippen LogP contribution in [0.25, 0.3) is 0 Å². The zero-order chi connectivity index (χ0) is 17.1. The van der Waals surface area contributed by atoms with Crippen molar-refractivity contribution in [3.63, 3.8) is 0 Å². The van der Waals surface area contributed by atoms with Crippen molar-refractivity contribution in [3.05, 3.63) is 41.2 Å². The number of azo groups is 2. The molecule has 0 aliphatic rings. The average Bonchev–Trinajstić information content (AvgIpc) is 3.12. The Balaban J connectivity index is 1.78. The van der Waals surface area contributed by atoms with Gasteiger partial charge in [-0.25, -0.2) is 9.67 Å². The van der Waals surface area contributed by atoms with Gasteiger partial charge in [-0.05, 0) is 25.1 Å². The van der Waals surface area contributed by atoms with Crippen molar-refractivity contribution < 1.29 is 5.11 Å². The van der Waals surface area contributed by atoms with Crippen LogP contribution in [0.15, 0.2) is 50.9 Å². The number of aromatic hydroxyl groups is 1. The summed E-state index contributed by atoms with van der Waals surface area (Å²) in [6, 6.07) is 6.34. The lowest BCUT2D eigenvalue weighted by atomic mass is 10.3. The molecule has 0 aliphatic heterocycles. The van der Waals surface area contributed by atoms with Crippen molar-refractivity contribution in [1.29, 1.82) is 0 Å². The highest BCUT2D eigenvalue weighted by Gasteiger charge is 2.07. The molecule has 0 unspecified atom stereocenters. The highest BCUT2D eigenvalue weighted by atomic mass is 35.5. The first kappa shape index (κ1) is 16.2. The first-order chi connectivity index (χ1) is 11.5. The maximum absolute atomic E-state index is 9.38. The summed E-state index contributed by atoms with van der Waals surface area (Å²) in [4.78, 5) is 4.29. The van der Waals surface area contributed by atoms with Crippen molar-refractivity contribution >= 4 is 44.6 Å². The van der Waals surface area contributed by atoms with E-state index in [4.69, 9.17) is 11.6 Å². The van der Waals surface area contributed by atoms with Crippen LogP contribution in [0.3, 0.4) is 0 Å². The molecule has 8 nitrogen and oxygen atoms in total. The number of rotatable bonds is 4. The zero-order valence-electron chi connectivity index (χ0n) is 12.8. The van der Waals surface area contributed by atoms with Crippen LogP contribution in [0, 0.1) is 6.92 Å². The van der Waals surface area contributed by atoms with Crippen molar-refractivity contribution in [2.75, 3.05) is 0 Å². The van der Waals surface area contributed by atoms with Gasteiger partial charge in [0.2, 0.25) is 5.13 Å². The molecule has 2 aromatic heterocycles. The second kappa shape index (κ2) is 6.85. The number of thiazole rings is 1. The van der Waals surface area contributed by atoms with E-state index in [0.29, 0.717) is 27.3 Å². The molecular weight excluding hydrogens is 350 g/mol. The lowest BCUT2D eigenvalue weighted by molar-refractivity contribution is 0.475. The fourth-order valence-corrected chi connectivity index (χ4v) is 2.62. The molecule has 0 fully saturated rings. The number of aromatic nitrogens is 3. The van der Waals surface area contributed by atoms with E-state index in [1.807, 2.05) is 6.92 Å². The first-order valence-corrected chi connectivity index (χ1v) is 8.00. The lowest BCUT2D eigenvalue weighted by Crippen LogP contribution is -1.86. The number of hydrogen-bond donors (Lipinski definition) is 1. The highest BCUT2D eigenvalue weighted by molar-refractivity contribution is 7.19. The normalized spacial score (nSPS) is 11.8. The number of phenols is 1. The SMILES string of the molecule is Cc1nc(/N=N/c2ccc(O)c(Cl)c2)sc1/N=N/c1ccnn1C. The summed E-state index contributed by atoms with van der Waals surface area (Å²) in [5, 5.41) is 31.1. The third kappa shape index (κ3) is 3.63. The molecule has 0 amide bonds. The topological polar surface area (TPSA) is 100 Å². The van der Waals surface area contributed by atoms with Crippen LogP contribution in [0.5, 0.6) is 5.75 Å². The monoisotopic (exact) mass is 361 g/mol. The molecular formula is C14H12ClN7OS. The molecule has 3 aromatic rings. The Labute approximate surface area is 146 Å². The number of benzene rings is 1. The van der Waals surface area contributed by atoms with Crippen molar-refractivity contribution in [2.45, 2.75) is 6.92 Å². The van der Waals surface area contributed by atoms with E-state index >= 15 is 0 Å². The van der Waals surface area contributed by atoms with Gasteiger partial charge in [0.1, 0.15) is 5.75 Å². The maximum atomic E-state index is 9.38. The number of phenolic OH excluding ortho intramolecular Hbond substituents is 1. The minimum absolute atomic E-state index is 0.00132. The Morgan fingerprint density at radius 2 is 2.00 bits per heavy atom. The maximum Gasteiger partial charge on any atom is 0.232 e. The summed E-state index contributed by atoms with van der Waals surface area (Å²) in [6.45, 7) is 1.82. The van der Waals surface area contributed by atoms with Gasteiger partial charge in [0, 0.05) is 13.1 Å². The molecule has 2 heterocycles. The van der Waals surface area contributed by atoms with Crippen LogP contribution in [0.1, 0.15) is 5.69 Å². The van der Waals surface area contributed by atoms with Crippen LogP contribution >= 0.6 is 22.9 Å². The fourth-order valence-electron chi connectivity index (χ4n) is 1.73. The Hall–Kier alpha value is -2.65. The fraction of sp³-hybridized carbons (Fsp3) is 0.143. The van der Waals surface area contributed by atoms with Crippen molar-refractivity contribution in [2.24, 2.45) is 27.5 Å². The van der Waals surface area contributed by atoms with Gasteiger partial charge in [0.25, 0.3) is 0 Å². The number of hydrogen-bond acceptors (Lipinski definition) is 8. The molecule has 0 radical (unpaired) electrons. The summed E-state index contributed by atoms with van der Waals surface area (Å²) in [5.74, 6) is 0.642. The van der Waals surface area contributed by atoms with E-state index in [0.717, 1.165) is 0 Å². The van der Waals surface area contributed by atoms with Crippen LogP contribution in [-0.2, 0) is 7.05 Å². The summed E-state index contributed by atoms with van der Waals surface area (Å²) in [6.07, 6.45) is 1.65. The van der Waals surface area contributed by atoms with Gasteiger partial charge in [-0.3, -0.25) is 0 Å². The van der Waals surface area contributed by atoms with E-state index in [9.17, 15) is 5.11 Å². The molecule has 1 aromatic carbocycles. The molecule has 0 saturated heterocycles. The Bertz CT molecular complexity index is 931. The third-order valence-corrected chi connectivity index (χ3v) is 4.21. The van der Waals surface area contributed by atoms with Gasteiger partial charge in [-0.15, -0.1) is 20.5 Å². The van der Waals surface area contributed by atoms with Gasteiger partial charge >= 0.3 is 0 Å². The summed E-state index contributed by atoms with van der Waals surface area (Å²) in [7, 11) is 1.79. The smallest absolute Gasteiger partial charge is 0.232 e. The standard InChI is InChI=1S/C14H12ClN7OS/c1-8-13(20-19-12-5-6-16-22(12)2)24-14(17-8)21-18-9-3-4-11(23)10(15)7-9/h3-7,23H,1-2H3/b20-19+,21-18+. The second-order valence-electron chi connectivity index (χ2n) is 4.74. The van der Waals surface area contributed by atoms with Crippen LogP contribution < -0.4 is 0 Å². The van der Waals surface area contributed by atoms with Gasteiger partial charge in [-0.1, -0.05) is 22.9 Å². The predicted octanol–water partition coefficient (Wildman–Crippen LogP) is 5.37. The Morgan fingerprint density at radius 1 is 1.17 bits per heavy atom. The van der Waals surface area contributed by atoms with Gasteiger partial charge in [-0.2, -0.15) is 5.10 Å². The first-order valence-electron chi connectivity index (χ1n) is 6.80. The number of halogens is 1. The van der Waals surface area contributed by atoms with E-state index in [2.05, 4.69) is 30.5 Å². The van der Waals surface area contributed by atoms with Gasteiger partial charge in [0.15, 0.2) is 10.8 Å². The molecule has 24 heavy (non-hydrogen) atoms. The molecule has 1 N–H and O–H groups in total. The number of aryl methyl sites for hydroxylation is 2. The molecule has 122 valence electrons. The summed E-state index contributed by atoms with van der Waals surface area (Å²) < 4.78 is 1.62. The van der Waals surface area contributed by atoms with Crippen LogP contribution in [-0.4, -0.2) is 19.9 Å². The molecule has 0 spiro atoms. The van der Waals surface area contributed by atoms with Crippen LogP contribution in [0.4, 0.5) is 21.6 Å². The summed E-state index contributed by atoms with van der Waals surface area (Å²) in [5.41, 5.74) is 1.23. The highest BCUT2D eigenvalue weighted by Crippen LogP contribution is 2.35. The zero-order valence-corrected chi connectivity index (χ0v) is 14.3. The molecule has 0 aliphatic carbocycles. The molecule has 3 rings (SSSR count). The van der Waals surface area contributed by atoms with Gasteiger partial charge in [0.05, 0.1) is 22.6 Å². The summed E-state index contributed by atoms with van der Waals surface area (Å²) >= 11 is 7.10. The molecule has 0 saturated carbocycles. The molecule has 10 heteroatoms. The largest absolute Gasteiger partial charge is 0.506 e. The predicted molar refractivity (Wildman–Crippen MR) is 91.5 cm³/mol. The molecule has 0 atom stereocenters. The van der Waals surface area contributed by atoms with Crippen molar-refractivity contribution in [1.82, 2.24) is 14.8 Å².